The highest BCUT2D eigenvalue weighted by molar-refractivity contribution is 7.10. The zero-order valence-corrected chi connectivity index (χ0v) is 11.0. The third kappa shape index (κ3) is 1.85. The quantitative estimate of drug-likeness (QED) is 0.764. The molecule has 19 heavy (non-hydrogen) atoms. The predicted molar refractivity (Wildman–Crippen MR) is 77.6 cm³/mol. The maximum atomic E-state index is 5.85. The molecule has 0 spiro atoms. The summed E-state index contributed by atoms with van der Waals surface area (Å²) >= 11 is 1.76. The second-order valence-corrected chi connectivity index (χ2v) is 5.59. The van der Waals surface area contributed by atoms with E-state index in [1.54, 1.807) is 11.3 Å². The maximum absolute atomic E-state index is 5.85. The largest absolute Gasteiger partial charge is 0.455 e. The molecule has 3 nitrogen and oxygen atoms in total. The Balaban J connectivity index is 1.63. The van der Waals surface area contributed by atoms with Gasteiger partial charge in [0.15, 0.2) is 5.76 Å². The molecule has 0 aliphatic carbocycles. The summed E-state index contributed by atoms with van der Waals surface area (Å²) in [5, 5.41) is 7.64. The predicted octanol–water partition coefficient (Wildman–Crippen LogP) is 3.93. The van der Waals surface area contributed by atoms with Crippen LogP contribution >= 0.6 is 11.3 Å². The monoisotopic (exact) mass is 268 g/mol. The van der Waals surface area contributed by atoms with Crippen LogP contribution in [0.2, 0.25) is 0 Å². The molecule has 0 saturated heterocycles. The minimum absolute atomic E-state index is 0.281. The van der Waals surface area contributed by atoms with E-state index in [1.807, 2.05) is 18.2 Å². The number of hydrogen-bond donors (Lipinski definition) is 1. The molecule has 94 valence electrons. The topological polar surface area (TPSA) is 37.5 Å². The number of hydrazone groups is 1. The summed E-state index contributed by atoms with van der Waals surface area (Å²) in [6.45, 7) is 0. The van der Waals surface area contributed by atoms with Gasteiger partial charge in [0.05, 0.1) is 6.04 Å². The van der Waals surface area contributed by atoms with Crippen molar-refractivity contribution < 1.29 is 4.42 Å². The molecule has 0 fully saturated rings. The zero-order chi connectivity index (χ0) is 12.7. The maximum Gasteiger partial charge on any atom is 0.151 e. The second-order valence-electron chi connectivity index (χ2n) is 4.61. The first-order valence-corrected chi connectivity index (χ1v) is 7.12. The summed E-state index contributed by atoms with van der Waals surface area (Å²) in [5.74, 6) is 0.868. The molecule has 1 aliphatic heterocycles. The Kier molecular flexibility index (Phi) is 2.42. The van der Waals surface area contributed by atoms with Crippen LogP contribution in [0.5, 0.6) is 0 Å². The Bertz CT molecular complexity index is 709. The lowest BCUT2D eigenvalue weighted by Gasteiger charge is -2.05. The molecule has 1 aliphatic rings. The Morgan fingerprint density at radius 2 is 2.16 bits per heavy atom. The van der Waals surface area contributed by atoms with E-state index in [-0.39, 0.29) is 6.04 Å². The van der Waals surface area contributed by atoms with Gasteiger partial charge in [0, 0.05) is 16.7 Å². The first-order chi connectivity index (χ1) is 9.40. The lowest BCUT2D eigenvalue weighted by atomic mass is 10.1. The zero-order valence-electron chi connectivity index (χ0n) is 10.2. The van der Waals surface area contributed by atoms with Crippen molar-refractivity contribution in [2.24, 2.45) is 5.10 Å². The molecule has 0 radical (unpaired) electrons. The number of furan rings is 1. The smallest absolute Gasteiger partial charge is 0.151 e. The SMILES string of the molecule is c1csc(C2CC(c3cc4ccccc4o3)=NN2)c1. The standard InChI is InChI=1S/C15H12N2OS/c1-2-5-13-10(4-1)8-14(18-13)11-9-12(17-16-11)15-6-3-7-19-15/h1-8,12,17H,9H2. The van der Waals surface area contributed by atoms with Crippen LogP contribution in [0.15, 0.2) is 57.4 Å². The van der Waals surface area contributed by atoms with E-state index in [0.29, 0.717) is 0 Å². The van der Waals surface area contributed by atoms with Crippen molar-refractivity contribution in [1.82, 2.24) is 5.43 Å². The lowest BCUT2D eigenvalue weighted by molar-refractivity contribution is 0.601. The molecule has 3 aromatic rings. The number of nitrogens with one attached hydrogen (secondary N) is 1. The lowest BCUT2D eigenvalue weighted by Crippen LogP contribution is -2.07. The third-order valence-corrected chi connectivity index (χ3v) is 4.34. The summed E-state index contributed by atoms with van der Waals surface area (Å²) < 4.78 is 5.85. The summed E-state index contributed by atoms with van der Waals surface area (Å²) in [7, 11) is 0. The molecule has 0 amide bonds. The van der Waals surface area contributed by atoms with Gasteiger partial charge in [-0.15, -0.1) is 11.3 Å². The van der Waals surface area contributed by atoms with Crippen LogP contribution < -0.4 is 5.43 Å². The van der Waals surface area contributed by atoms with Gasteiger partial charge in [-0.2, -0.15) is 5.10 Å². The highest BCUT2D eigenvalue weighted by atomic mass is 32.1. The highest BCUT2D eigenvalue weighted by Crippen LogP contribution is 2.29. The van der Waals surface area contributed by atoms with Gasteiger partial charge >= 0.3 is 0 Å². The van der Waals surface area contributed by atoms with Gasteiger partial charge < -0.3 is 9.84 Å². The van der Waals surface area contributed by atoms with Crippen molar-refractivity contribution in [2.75, 3.05) is 0 Å². The first-order valence-electron chi connectivity index (χ1n) is 6.24. The first kappa shape index (κ1) is 10.8. The average Bonchev–Trinajstić information content (AvgIpc) is 3.17. The van der Waals surface area contributed by atoms with Crippen molar-refractivity contribution in [3.05, 3.63) is 58.5 Å². The van der Waals surface area contributed by atoms with E-state index >= 15 is 0 Å². The van der Waals surface area contributed by atoms with Gasteiger partial charge in [-0.3, -0.25) is 0 Å². The number of benzene rings is 1. The van der Waals surface area contributed by atoms with Crippen LogP contribution in [0, 0.1) is 0 Å². The number of para-hydroxylation sites is 1. The van der Waals surface area contributed by atoms with Crippen LogP contribution in [-0.2, 0) is 0 Å². The minimum atomic E-state index is 0.281. The van der Waals surface area contributed by atoms with Crippen LogP contribution in [0.4, 0.5) is 0 Å². The average molecular weight is 268 g/mol. The van der Waals surface area contributed by atoms with E-state index in [2.05, 4.69) is 40.2 Å². The molecular formula is C15H12N2OS. The minimum Gasteiger partial charge on any atom is -0.455 e. The third-order valence-electron chi connectivity index (χ3n) is 3.35. The molecular weight excluding hydrogens is 256 g/mol. The van der Waals surface area contributed by atoms with E-state index < -0.39 is 0 Å². The van der Waals surface area contributed by atoms with E-state index in [1.165, 1.54) is 4.88 Å². The fourth-order valence-corrected chi connectivity index (χ4v) is 3.15. The van der Waals surface area contributed by atoms with Crippen molar-refractivity contribution in [1.29, 1.82) is 0 Å². The fraction of sp³-hybridized carbons (Fsp3) is 0.133. The van der Waals surface area contributed by atoms with Gasteiger partial charge in [0.1, 0.15) is 11.3 Å². The van der Waals surface area contributed by atoms with Gasteiger partial charge in [-0.25, -0.2) is 0 Å². The molecule has 1 aromatic carbocycles. The van der Waals surface area contributed by atoms with E-state index in [4.69, 9.17) is 4.42 Å². The second kappa shape index (κ2) is 4.24. The number of hydrogen-bond acceptors (Lipinski definition) is 4. The molecule has 2 aromatic heterocycles. The van der Waals surface area contributed by atoms with Crippen LogP contribution in [-0.4, -0.2) is 5.71 Å². The van der Waals surface area contributed by atoms with E-state index in [9.17, 15) is 0 Å². The Hall–Kier alpha value is -2.07. The molecule has 4 rings (SSSR count). The van der Waals surface area contributed by atoms with Crippen molar-refractivity contribution in [3.63, 3.8) is 0 Å². The van der Waals surface area contributed by atoms with Crippen molar-refractivity contribution in [3.8, 4) is 0 Å². The number of nitrogens with zero attached hydrogens (tertiary/aromatic N) is 1. The van der Waals surface area contributed by atoms with Crippen LogP contribution in [0.1, 0.15) is 23.1 Å². The Labute approximate surface area is 114 Å². The molecule has 1 atom stereocenters. The number of rotatable bonds is 2. The highest BCUT2D eigenvalue weighted by Gasteiger charge is 2.23. The van der Waals surface area contributed by atoms with Gasteiger partial charge in [-0.05, 0) is 23.6 Å². The molecule has 0 saturated carbocycles. The summed E-state index contributed by atoms with van der Waals surface area (Å²) in [5.41, 5.74) is 5.10. The Morgan fingerprint density at radius 3 is 3.00 bits per heavy atom. The normalized spacial score (nSPS) is 18.5. The molecule has 0 bridgehead atoms. The van der Waals surface area contributed by atoms with Crippen LogP contribution in [0.25, 0.3) is 11.0 Å². The fourth-order valence-electron chi connectivity index (χ4n) is 2.37. The van der Waals surface area contributed by atoms with Gasteiger partial charge in [0.25, 0.3) is 0 Å². The van der Waals surface area contributed by atoms with Gasteiger partial charge in [0.2, 0.25) is 0 Å². The number of fused-ring (bicyclic) bond motifs is 1. The summed E-state index contributed by atoms with van der Waals surface area (Å²) in [4.78, 5) is 1.31. The molecule has 3 heterocycles. The van der Waals surface area contributed by atoms with Crippen LogP contribution in [0.3, 0.4) is 0 Å². The number of thiophene rings is 1. The van der Waals surface area contributed by atoms with Gasteiger partial charge in [-0.1, -0.05) is 24.3 Å². The summed E-state index contributed by atoms with van der Waals surface area (Å²) in [6, 6.07) is 14.6. The molecule has 4 heteroatoms. The summed E-state index contributed by atoms with van der Waals surface area (Å²) in [6.07, 6.45) is 0.875. The molecule has 1 N–H and O–H groups in total. The molecule has 1 unspecified atom stereocenters. The van der Waals surface area contributed by atoms with E-state index in [0.717, 1.165) is 28.9 Å². The van der Waals surface area contributed by atoms with Crippen molar-refractivity contribution >= 4 is 28.0 Å². The van der Waals surface area contributed by atoms with Crippen molar-refractivity contribution in [2.45, 2.75) is 12.5 Å². The Morgan fingerprint density at radius 1 is 1.21 bits per heavy atom.